The number of imidazole rings is 1. The molecule has 6 atom stereocenters. The summed E-state index contributed by atoms with van der Waals surface area (Å²) in [5, 5.41) is 29.6. The first kappa shape index (κ1) is 37.8. The van der Waals surface area contributed by atoms with Crippen LogP contribution in [0.5, 0.6) is 17.2 Å². The van der Waals surface area contributed by atoms with Crippen molar-refractivity contribution in [1.29, 1.82) is 0 Å². The largest absolute Gasteiger partial charge is 0.506 e. The fourth-order valence-corrected chi connectivity index (χ4v) is 9.99. The van der Waals surface area contributed by atoms with E-state index in [1.54, 1.807) is 13.0 Å². The molecule has 3 aliphatic heterocycles. The zero-order chi connectivity index (χ0) is 40.1. The quantitative estimate of drug-likeness (QED) is 0.111. The first-order valence-electron chi connectivity index (χ1n) is 19.8. The summed E-state index contributed by atoms with van der Waals surface area (Å²) in [6.45, 7) is 16.1. The summed E-state index contributed by atoms with van der Waals surface area (Å²) < 4.78 is 21.6. The highest BCUT2D eigenvalue weighted by molar-refractivity contribution is 6.03. The number of fused-ring (bicyclic) bond motifs is 8. The molecule has 6 unspecified atom stereocenters. The summed E-state index contributed by atoms with van der Waals surface area (Å²) in [5.41, 5.74) is 2.84. The summed E-state index contributed by atoms with van der Waals surface area (Å²) in [6.07, 6.45) is 12.1. The minimum absolute atomic E-state index is 0.00875. The normalized spacial score (nSPS) is 28.1. The number of esters is 1. The second-order valence-corrected chi connectivity index (χ2v) is 17.3. The van der Waals surface area contributed by atoms with Crippen molar-refractivity contribution in [3.63, 3.8) is 0 Å². The van der Waals surface area contributed by atoms with Crippen LogP contribution in [0.1, 0.15) is 104 Å². The number of para-hydroxylation sites is 2. The number of Topliss-reactive ketones (excluding diaryl/α,β-unsaturated/α-hetero) is 1. The van der Waals surface area contributed by atoms with E-state index in [0.717, 1.165) is 28.6 Å². The fraction of sp³-hybridized carbons (Fsp3) is 0.457. The number of ketones is 1. The molecule has 3 fully saturated rings. The Bertz CT molecular complexity index is 2350. The molecule has 56 heavy (non-hydrogen) atoms. The number of carbonyl (C=O) groups is 2. The summed E-state index contributed by atoms with van der Waals surface area (Å²) >= 11 is 0. The Morgan fingerprint density at radius 2 is 1.82 bits per heavy atom. The Labute approximate surface area is 328 Å². The predicted molar refractivity (Wildman–Crippen MR) is 217 cm³/mol. The van der Waals surface area contributed by atoms with E-state index in [0.29, 0.717) is 59.1 Å². The van der Waals surface area contributed by atoms with Gasteiger partial charge in [0.05, 0.1) is 41.0 Å². The maximum absolute atomic E-state index is 15.2. The molecule has 3 N–H and O–H groups in total. The molecule has 9 rings (SSSR count). The van der Waals surface area contributed by atoms with Gasteiger partial charge in [0, 0.05) is 35.0 Å². The molecular weight excluding hydrogens is 707 g/mol. The molecule has 0 amide bonds. The van der Waals surface area contributed by atoms with Gasteiger partial charge in [-0.1, -0.05) is 55.4 Å². The molecule has 1 aromatic heterocycles. The molecule has 3 saturated carbocycles. The average molecular weight is 760 g/mol. The van der Waals surface area contributed by atoms with Crippen LogP contribution in [0.2, 0.25) is 0 Å². The maximum atomic E-state index is 15.2. The van der Waals surface area contributed by atoms with Gasteiger partial charge in [-0.25, -0.2) is 9.78 Å². The van der Waals surface area contributed by atoms with Crippen LogP contribution in [0.25, 0.3) is 22.8 Å². The molecule has 2 aromatic carbocycles. The second kappa shape index (κ2) is 13.3. The summed E-state index contributed by atoms with van der Waals surface area (Å²) in [7, 11) is 1.31. The molecule has 4 heterocycles. The number of allylic oxidation sites excluding steroid dienone is 4. The molecule has 3 aromatic rings. The highest BCUT2D eigenvalue weighted by Gasteiger charge is 2.76. The predicted octanol–water partition coefficient (Wildman–Crippen LogP) is 8.79. The third kappa shape index (κ3) is 5.35. The molecule has 6 aliphatic rings. The standard InChI is InChI=1S/C46H53N3O7/c1-24(2)13-12-20-44(8)21-19-28-38(50)34-36-35-37(49-33-15-11-10-14-32(33)47-43(49)48-36)30-23-31(26(5)6)46(35,45(53,41(30)51)22-18-27(7)42(52)54-9)56-40(34)29(39(28)55-44)17-16-25(3)4/h10-11,13-16,18-19,21,26,30-31,37,50,53H,12,17,20,22-23H2,1-9H3,(H,47,48)/b27-18-. The number of ether oxygens (including phenoxy) is 3. The van der Waals surface area contributed by atoms with Crippen molar-refractivity contribution in [3.05, 3.63) is 87.6 Å². The number of phenols is 1. The van der Waals surface area contributed by atoms with Crippen molar-refractivity contribution in [2.24, 2.45) is 17.8 Å². The number of hydrogen-bond donors (Lipinski definition) is 3. The maximum Gasteiger partial charge on any atom is 0.333 e. The number of aliphatic hydroxyl groups is 1. The van der Waals surface area contributed by atoms with Crippen LogP contribution >= 0.6 is 0 Å². The van der Waals surface area contributed by atoms with Crippen molar-refractivity contribution in [2.45, 2.75) is 110 Å². The summed E-state index contributed by atoms with van der Waals surface area (Å²) in [6, 6.07) is 7.27. The van der Waals surface area contributed by atoms with Gasteiger partial charge in [-0.3, -0.25) is 4.79 Å². The van der Waals surface area contributed by atoms with Crippen LogP contribution < -0.4 is 14.8 Å². The van der Waals surface area contributed by atoms with Crippen molar-refractivity contribution < 1.29 is 34.0 Å². The van der Waals surface area contributed by atoms with Crippen molar-refractivity contribution in [2.75, 3.05) is 12.4 Å². The van der Waals surface area contributed by atoms with E-state index in [-0.39, 0.29) is 35.4 Å². The molecule has 0 radical (unpaired) electrons. The van der Waals surface area contributed by atoms with Crippen LogP contribution in [-0.4, -0.2) is 55.4 Å². The van der Waals surface area contributed by atoms with E-state index in [9.17, 15) is 15.0 Å². The number of rotatable bonds is 9. The molecule has 10 nitrogen and oxygen atoms in total. The van der Waals surface area contributed by atoms with Crippen molar-refractivity contribution in [3.8, 4) is 17.2 Å². The lowest BCUT2D eigenvalue weighted by atomic mass is 9.46. The Morgan fingerprint density at radius 3 is 2.52 bits per heavy atom. The minimum atomic E-state index is -2.09. The van der Waals surface area contributed by atoms with Gasteiger partial charge in [0.1, 0.15) is 22.8 Å². The molecule has 3 aliphatic carbocycles. The van der Waals surface area contributed by atoms with E-state index < -0.39 is 34.7 Å². The van der Waals surface area contributed by atoms with Gasteiger partial charge in [0.25, 0.3) is 0 Å². The van der Waals surface area contributed by atoms with Gasteiger partial charge in [0.2, 0.25) is 5.95 Å². The Balaban J connectivity index is 1.45. The zero-order valence-electron chi connectivity index (χ0n) is 33.9. The van der Waals surface area contributed by atoms with Gasteiger partial charge in [-0.2, -0.15) is 0 Å². The van der Waals surface area contributed by atoms with Gasteiger partial charge >= 0.3 is 5.97 Å². The van der Waals surface area contributed by atoms with E-state index in [2.05, 4.69) is 56.7 Å². The Morgan fingerprint density at radius 1 is 1.09 bits per heavy atom. The lowest BCUT2D eigenvalue weighted by molar-refractivity contribution is -0.210. The first-order valence-corrected chi connectivity index (χ1v) is 19.8. The highest BCUT2D eigenvalue weighted by Crippen LogP contribution is 2.69. The number of aromatic nitrogens is 2. The van der Waals surface area contributed by atoms with Gasteiger partial charge in [-0.05, 0) is 97.4 Å². The van der Waals surface area contributed by atoms with Gasteiger partial charge in [0.15, 0.2) is 17.0 Å². The first-order chi connectivity index (χ1) is 26.6. The van der Waals surface area contributed by atoms with Crippen LogP contribution in [-0.2, 0) is 20.7 Å². The number of anilines is 1. The molecule has 1 spiro atoms. The average Bonchev–Trinajstić information content (AvgIpc) is 3.53. The van der Waals surface area contributed by atoms with Gasteiger partial charge in [-0.15, -0.1) is 0 Å². The number of hydrogen-bond acceptors (Lipinski definition) is 9. The second-order valence-electron chi connectivity index (χ2n) is 17.3. The van der Waals surface area contributed by atoms with E-state index in [1.807, 2.05) is 50.3 Å². The lowest BCUT2D eigenvalue weighted by Gasteiger charge is -2.66. The SMILES string of the molecule is COC(=O)/C(C)=C\CC1(O)C(=O)C2CC(C(C)C)C13Oc1c(CC=C(C)C)c4c(c(O)c1C1=C3C2n2c(nc3ccccc32)N1)C=CC(C)(CCC=C(C)C)O4. The van der Waals surface area contributed by atoms with Crippen molar-refractivity contribution in [1.82, 2.24) is 9.55 Å². The molecule has 294 valence electrons. The third-order valence-corrected chi connectivity index (χ3v) is 12.7. The zero-order valence-corrected chi connectivity index (χ0v) is 33.9. The third-order valence-electron chi connectivity index (χ3n) is 12.7. The molecule has 2 bridgehead atoms. The molecule has 0 saturated heterocycles. The fourth-order valence-electron chi connectivity index (χ4n) is 9.99. The number of carbonyl (C=O) groups excluding carboxylic acids is 2. The molecule has 10 heteroatoms. The topological polar surface area (TPSA) is 132 Å². The van der Waals surface area contributed by atoms with Crippen LogP contribution in [0.15, 0.2) is 70.9 Å². The Hall–Kier alpha value is -5.09. The number of nitrogens with zero attached hydrogens (tertiary/aromatic N) is 2. The number of benzene rings is 2. The number of aromatic hydroxyl groups is 1. The van der Waals surface area contributed by atoms with E-state index in [4.69, 9.17) is 19.2 Å². The summed E-state index contributed by atoms with van der Waals surface area (Å²) in [4.78, 5) is 32.9. The monoisotopic (exact) mass is 759 g/mol. The number of nitrogens with one attached hydrogen (secondary N) is 1. The summed E-state index contributed by atoms with van der Waals surface area (Å²) in [5.74, 6) is -0.487. The van der Waals surface area contributed by atoms with Gasteiger partial charge < -0.3 is 34.3 Å². The number of methoxy groups -OCH3 is 1. The lowest BCUT2D eigenvalue weighted by Crippen LogP contribution is -2.78. The molecular formula is C46H53N3O7. The minimum Gasteiger partial charge on any atom is -0.506 e. The van der Waals surface area contributed by atoms with Crippen molar-refractivity contribution >= 4 is 40.5 Å². The van der Waals surface area contributed by atoms with E-state index in [1.165, 1.54) is 12.7 Å². The highest BCUT2D eigenvalue weighted by atomic mass is 16.5. The van der Waals surface area contributed by atoms with Crippen LogP contribution in [0, 0.1) is 17.8 Å². The van der Waals surface area contributed by atoms with E-state index >= 15 is 4.79 Å². The number of phenolic OH excluding ortho intramolecular Hbond substituents is 1. The van der Waals surface area contributed by atoms with Crippen LogP contribution in [0.4, 0.5) is 5.95 Å². The Kier molecular flexibility index (Phi) is 8.95. The van der Waals surface area contributed by atoms with Crippen LogP contribution in [0.3, 0.4) is 0 Å². The smallest absolute Gasteiger partial charge is 0.333 e.